The molecule has 2 rings (SSSR count). The van der Waals surface area contributed by atoms with E-state index in [0.29, 0.717) is 10.00 Å². The summed E-state index contributed by atoms with van der Waals surface area (Å²) >= 11 is 0. The number of carbonyl (C=O) groups is 1. The number of carboxylic acids is 1. The number of alkyl halides is 2. The van der Waals surface area contributed by atoms with E-state index < -0.39 is 47.3 Å². The highest BCUT2D eigenvalue weighted by Gasteiger charge is 2.47. The second-order valence-corrected chi connectivity index (χ2v) is 7.03. The maximum atomic E-state index is 13.6. The summed E-state index contributed by atoms with van der Waals surface area (Å²) in [4.78, 5) is 10.9. The molecule has 0 aliphatic carbocycles. The molecule has 1 aromatic heterocycles. The number of hydrogen-bond acceptors (Lipinski definition) is 4. The summed E-state index contributed by atoms with van der Waals surface area (Å²) in [6.45, 7) is 0.0741. The summed E-state index contributed by atoms with van der Waals surface area (Å²) in [5.74, 6) is -6.24. The topological polar surface area (TPSA) is 92.5 Å². The average Bonchev–Trinajstić information content (AvgIpc) is 2.67. The third kappa shape index (κ3) is 3.05. The van der Waals surface area contributed by atoms with Crippen LogP contribution in [0, 0.1) is 12.8 Å². The fourth-order valence-electron chi connectivity index (χ4n) is 2.37. The Balaban J connectivity index is 2.39. The third-order valence-corrected chi connectivity index (χ3v) is 5.16. The molecule has 1 atom stereocenters. The van der Waals surface area contributed by atoms with Gasteiger partial charge in [-0.2, -0.15) is 9.40 Å². The molecular formula is C11H15F2N3O4S. The van der Waals surface area contributed by atoms with Gasteiger partial charge in [0.2, 0.25) is 0 Å². The quantitative estimate of drug-likeness (QED) is 0.872. The normalized spacial score (nSPS) is 23.1. The molecule has 21 heavy (non-hydrogen) atoms. The van der Waals surface area contributed by atoms with Crippen molar-refractivity contribution in [3.05, 3.63) is 11.8 Å². The predicted molar refractivity (Wildman–Crippen MR) is 67.4 cm³/mol. The highest BCUT2D eigenvalue weighted by molar-refractivity contribution is 7.89. The molecule has 1 fully saturated rings. The minimum absolute atomic E-state index is 0.234. The van der Waals surface area contributed by atoms with Crippen LogP contribution in [0.25, 0.3) is 0 Å². The lowest BCUT2D eigenvalue weighted by atomic mass is 9.97. The number of carboxylic acid groups (broad SMARTS) is 1. The molecule has 0 radical (unpaired) electrons. The van der Waals surface area contributed by atoms with Gasteiger partial charge in [-0.15, -0.1) is 0 Å². The van der Waals surface area contributed by atoms with Crippen LogP contribution in [0.5, 0.6) is 0 Å². The number of sulfonamides is 1. The Morgan fingerprint density at radius 3 is 2.62 bits per heavy atom. The average molecular weight is 323 g/mol. The zero-order valence-corrected chi connectivity index (χ0v) is 12.3. The van der Waals surface area contributed by atoms with E-state index in [9.17, 15) is 22.0 Å². The largest absolute Gasteiger partial charge is 0.481 e. The van der Waals surface area contributed by atoms with Gasteiger partial charge >= 0.3 is 5.97 Å². The van der Waals surface area contributed by atoms with E-state index in [1.807, 2.05) is 0 Å². The number of aromatic nitrogens is 2. The Hall–Kier alpha value is -1.55. The van der Waals surface area contributed by atoms with E-state index in [2.05, 4.69) is 5.10 Å². The molecule has 1 saturated heterocycles. The molecule has 0 amide bonds. The number of halogens is 2. The first-order valence-electron chi connectivity index (χ1n) is 6.14. The van der Waals surface area contributed by atoms with Crippen LogP contribution in [0.2, 0.25) is 0 Å². The Kier molecular flexibility index (Phi) is 3.79. The summed E-state index contributed by atoms with van der Waals surface area (Å²) in [5, 5.41) is 12.5. The summed E-state index contributed by atoms with van der Waals surface area (Å²) < 4.78 is 53.7. The number of aryl methyl sites for hydroxylation is 2. The Labute approximate surface area is 120 Å². The summed E-state index contributed by atoms with van der Waals surface area (Å²) in [6.07, 6.45) is -0.862. The molecule has 1 aliphatic heterocycles. The summed E-state index contributed by atoms with van der Waals surface area (Å²) in [5.41, 5.74) is 0.426. The standard InChI is InChI=1S/C11H15F2N3O4S/c1-7-3-9(15(2)14-7)21(19,20)16-5-8(10(17)18)4-11(12,13)6-16/h3,8H,4-6H2,1-2H3,(H,17,18). The molecule has 10 heteroatoms. The number of rotatable bonds is 3. The number of hydrogen-bond donors (Lipinski definition) is 1. The van der Waals surface area contributed by atoms with Gasteiger partial charge in [-0.3, -0.25) is 9.48 Å². The highest BCUT2D eigenvalue weighted by Crippen LogP contribution is 2.33. The van der Waals surface area contributed by atoms with Crippen LogP contribution in [-0.4, -0.2) is 52.6 Å². The molecule has 0 bridgehead atoms. The van der Waals surface area contributed by atoms with Crippen molar-refractivity contribution in [1.29, 1.82) is 0 Å². The van der Waals surface area contributed by atoms with Crippen molar-refractivity contribution in [2.24, 2.45) is 13.0 Å². The van der Waals surface area contributed by atoms with Crippen molar-refractivity contribution >= 4 is 16.0 Å². The predicted octanol–water partition coefficient (Wildman–Crippen LogP) is 0.459. The van der Waals surface area contributed by atoms with E-state index in [1.165, 1.54) is 13.1 Å². The van der Waals surface area contributed by atoms with Gasteiger partial charge in [0, 0.05) is 20.0 Å². The van der Waals surface area contributed by atoms with Crippen molar-refractivity contribution in [1.82, 2.24) is 14.1 Å². The first-order valence-corrected chi connectivity index (χ1v) is 7.58. The van der Waals surface area contributed by atoms with Crippen LogP contribution in [-0.2, 0) is 21.9 Å². The van der Waals surface area contributed by atoms with E-state index in [4.69, 9.17) is 5.11 Å². The van der Waals surface area contributed by atoms with Crippen LogP contribution in [0.3, 0.4) is 0 Å². The Bertz CT molecular complexity index is 671. The Morgan fingerprint density at radius 1 is 1.52 bits per heavy atom. The van der Waals surface area contributed by atoms with Crippen LogP contribution < -0.4 is 0 Å². The SMILES string of the molecule is Cc1cc(S(=O)(=O)N2CC(C(=O)O)CC(F)(F)C2)n(C)n1. The van der Waals surface area contributed by atoms with Crippen molar-refractivity contribution in [2.45, 2.75) is 24.3 Å². The highest BCUT2D eigenvalue weighted by atomic mass is 32.2. The number of nitrogens with zero attached hydrogens (tertiary/aromatic N) is 3. The smallest absolute Gasteiger partial charge is 0.308 e. The van der Waals surface area contributed by atoms with Gasteiger partial charge in [-0.25, -0.2) is 17.2 Å². The molecule has 1 aliphatic rings. The van der Waals surface area contributed by atoms with Crippen molar-refractivity contribution < 1.29 is 27.1 Å². The molecule has 2 heterocycles. The van der Waals surface area contributed by atoms with Crippen LogP contribution >= 0.6 is 0 Å². The molecular weight excluding hydrogens is 308 g/mol. The molecule has 118 valence electrons. The van der Waals surface area contributed by atoms with Crippen LogP contribution in [0.4, 0.5) is 8.78 Å². The maximum absolute atomic E-state index is 13.6. The lowest BCUT2D eigenvalue weighted by molar-refractivity contribution is -0.150. The number of piperidine rings is 1. The van der Waals surface area contributed by atoms with E-state index >= 15 is 0 Å². The van der Waals surface area contributed by atoms with Gasteiger partial charge in [0.05, 0.1) is 18.2 Å². The van der Waals surface area contributed by atoms with Crippen LogP contribution in [0.1, 0.15) is 12.1 Å². The molecule has 0 spiro atoms. The molecule has 0 saturated carbocycles. The van der Waals surface area contributed by atoms with Crippen LogP contribution in [0.15, 0.2) is 11.1 Å². The minimum atomic E-state index is -4.22. The van der Waals surface area contributed by atoms with Gasteiger partial charge < -0.3 is 5.11 Å². The minimum Gasteiger partial charge on any atom is -0.481 e. The first-order chi connectivity index (χ1) is 9.53. The van der Waals surface area contributed by atoms with Crippen molar-refractivity contribution in [3.63, 3.8) is 0 Å². The lowest BCUT2D eigenvalue weighted by Gasteiger charge is -2.34. The lowest BCUT2D eigenvalue weighted by Crippen LogP contribution is -2.51. The van der Waals surface area contributed by atoms with Gasteiger partial charge in [0.25, 0.3) is 15.9 Å². The van der Waals surface area contributed by atoms with Gasteiger partial charge in [0.15, 0.2) is 5.03 Å². The monoisotopic (exact) mass is 323 g/mol. The molecule has 1 N–H and O–H groups in total. The van der Waals surface area contributed by atoms with Gasteiger partial charge in [-0.05, 0) is 13.0 Å². The summed E-state index contributed by atoms with van der Waals surface area (Å²) in [6, 6.07) is 1.26. The van der Waals surface area contributed by atoms with E-state index in [1.54, 1.807) is 6.92 Å². The third-order valence-electron chi connectivity index (χ3n) is 3.29. The number of aliphatic carboxylic acids is 1. The zero-order valence-electron chi connectivity index (χ0n) is 11.5. The summed E-state index contributed by atoms with van der Waals surface area (Å²) in [7, 11) is -2.83. The Morgan fingerprint density at radius 2 is 2.14 bits per heavy atom. The van der Waals surface area contributed by atoms with Gasteiger partial charge in [0.1, 0.15) is 0 Å². The van der Waals surface area contributed by atoms with Gasteiger partial charge in [-0.1, -0.05) is 0 Å². The molecule has 7 nitrogen and oxygen atoms in total. The van der Waals surface area contributed by atoms with E-state index in [0.717, 1.165) is 4.68 Å². The molecule has 0 aromatic carbocycles. The van der Waals surface area contributed by atoms with Crippen molar-refractivity contribution in [3.8, 4) is 0 Å². The second-order valence-electron chi connectivity index (χ2n) is 5.14. The van der Waals surface area contributed by atoms with Crippen molar-refractivity contribution in [2.75, 3.05) is 13.1 Å². The first kappa shape index (κ1) is 15.8. The molecule has 1 unspecified atom stereocenters. The molecule has 1 aromatic rings. The zero-order chi connectivity index (χ0) is 16.0. The fourth-order valence-corrected chi connectivity index (χ4v) is 4.06. The maximum Gasteiger partial charge on any atom is 0.308 e. The van der Waals surface area contributed by atoms with E-state index in [-0.39, 0.29) is 5.03 Å². The second kappa shape index (κ2) is 5.02. The fraction of sp³-hybridized carbons (Fsp3) is 0.636.